The Balaban J connectivity index is 0.000000730. The number of rotatable bonds is 19. The second-order valence-corrected chi connectivity index (χ2v) is 11.2. The van der Waals surface area contributed by atoms with Gasteiger partial charge in [-0.3, -0.25) is 4.79 Å². The molecule has 0 unspecified atom stereocenters. The van der Waals surface area contributed by atoms with Gasteiger partial charge >= 0.3 is 11.9 Å². The molecule has 0 saturated carbocycles. The molecular weight excluding hydrogens is 775 g/mol. The molecule has 0 aliphatic carbocycles. The van der Waals surface area contributed by atoms with Crippen LogP contribution in [0.1, 0.15) is 0 Å². The number of benzene rings is 4. The Hall–Kier alpha value is -4.46. The number of hydrogen-bond acceptors (Lipinski definition) is 11. The Bertz CT molecular complexity index is 1660. The fourth-order valence-corrected chi connectivity index (χ4v) is 3.87. The summed E-state index contributed by atoms with van der Waals surface area (Å²) in [6.45, 7) is 13.2. The molecule has 0 aliphatic rings. The second-order valence-electron chi connectivity index (χ2n) is 10.1. The van der Waals surface area contributed by atoms with E-state index in [2.05, 4.69) is 30.5 Å². The van der Waals surface area contributed by atoms with Crippen molar-refractivity contribution in [3.63, 3.8) is 0 Å². The monoisotopic (exact) mass is 822 g/mol. The van der Waals surface area contributed by atoms with Gasteiger partial charge < -0.3 is 38.6 Å². The summed E-state index contributed by atoms with van der Waals surface area (Å²) >= 11 is 15.3. The third-order valence-corrected chi connectivity index (χ3v) is 6.53. The van der Waals surface area contributed by atoms with Crippen LogP contribution in [0.15, 0.2) is 123 Å². The van der Waals surface area contributed by atoms with Gasteiger partial charge in [-0.1, -0.05) is 80.4 Å². The fourth-order valence-electron chi connectivity index (χ4n) is 3.65. The van der Waals surface area contributed by atoms with E-state index in [1.807, 2.05) is 66.7 Å². The van der Waals surface area contributed by atoms with Crippen LogP contribution in [0, 0.1) is 0 Å². The van der Waals surface area contributed by atoms with Gasteiger partial charge in [0.2, 0.25) is 5.24 Å². The first-order valence-corrected chi connectivity index (χ1v) is 18.3. The lowest BCUT2D eigenvalue weighted by molar-refractivity contribution is -0.140. The summed E-state index contributed by atoms with van der Waals surface area (Å²) in [5.74, 6) is 1.22. The lowest BCUT2D eigenvalue weighted by Gasteiger charge is -2.08. The number of alkyl halides is 2. The van der Waals surface area contributed by atoms with Crippen LogP contribution in [0.3, 0.4) is 0 Å². The van der Waals surface area contributed by atoms with Crippen molar-refractivity contribution >= 4 is 73.5 Å². The molecule has 4 rings (SSSR count). The average molecular weight is 824 g/mol. The average Bonchev–Trinajstić information content (AvgIpc) is 3.21. The van der Waals surface area contributed by atoms with Crippen molar-refractivity contribution in [3.8, 4) is 11.5 Å². The number of allylic oxidation sites excluding steroid dienone is 1. The molecule has 0 aromatic heterocycles. The van der Waals surface area contributed by atoms with Crippen LogP contribution < -0.4 is 4.74 Å². The standard InChI is InChI=1S/C17H18O4.C10H8O.C7H11ClO3.C4H9ClO2.C3H3ClO/c1-2-17(18)21-12-10-19-9-11-20-16-8-7-14-5-3-4-6-15(14)13-16;11-10-6-5-8-3-1-2-4-9(8)7-10;1-2-7(9)11-6-5-10-4-3-8;5-1-3-7-4-2-6;1-2-3(4)5/h2-8,13H,1,9-12H2;1-7,11H;2H,1,3-6H2;6H,1-4H2;2H,1H2. The Morgan fingerprint density at radius 3 is 1.47 bits per heavy atom. The number of ether oxygens (including phenoxy) is 6. The number of aromatic hydroxyl groups is 1. The van der Waals surface area contributed by atoms with Gasteiger partial charge in [-0.05, 0) is 63.5 Å². The lowest BCUT2D eigenvalue weighted by atomic mass is 10.1. The highest BCUT2D eigenvalue weighted by atomic mass is 35.5. The second kappa shape index (κ2) is 35.3. The summed E-state index contributed by atoms with van der Waals surface area (Å²) < 4.78 is 30.0. The Morgan fingerprint density at radius 2 is 1.00 bits per heavy atom. The topological polar surface area (TPSA) is 147 Å². The zero-order valence-electron chi connectivity index (χ0n) is 30.6. The molecule has 0 heterocycles. The summed E-state index contributed by atoms with van der Waals surface area (Å²) in [6, 6.07) is 27.4. The van der Waals surface area contributed by atoms with E-state index in [1.165, 1.54) is 5.39 Å². The molecule has 0 fully saturated rings. The number of phenols is 1. The predicted octanol–water partition coefficient (Wildman–Crippen LogP) is 7.65. The van der Waals surface area contributed by atoms with Gasteiger partial charge in [0.25, 0.3) is 0 Å². The van der Waals surface area contributed by atoms with E-state index in [4.69, 9.17) is 68.7 Å². The number of carbonyl (C=O) groups is 3. The zero-order chi connectivity index (χ0) is 40.9. The summed E-state index contributed by atoms with van der Waals surface area (Å²) in [7, 11) is 0. The van der Waals surface area contributed by atoms with Crippen molar-refractivity contribution < 1.29 is 53.0 Å². The van der Waals surface area contributed by atoms with E-state index in [-0.39, 0.29) is 19.8 Å². The summed E-state index contributed by atoms with van der Waals surface area (Å²) in [6.07, 6.45) is 3.28. The largest absolute Gasteiger partial charge is 0.508 e. The third-order valence-electron chi connectivity index (χ3n) is 6.07. The van der Waals surface area contributed by atoms with E-state index in [1.54, 1.807) is 12.1 Å². The summed E-state index contributed by atoms with van der Waals surface area (Å²) in [5, 5.41) is 21.3. The molecular formula is C41H49Cl3O11. The molecule has 0 atom stereocenters. The van der Waals surface area contributed by atoms with E-state index >= 15 is 0 Å². The fraction of sp³-hybridized carbons (Fsp3) is 0.293. The SMILES string of the molecule is C=CC(=O)Cl.C=CC(=O)OCCOCCCl.C=CC(=O)OCCOCCOc1ccc2ccccc2c1.OCCOCCCl.Oc1ccc2ccccc2c1. The molecule has 14 heteroatoms. The van der Waals surface area contributed by atoms with Crippen molar-refractivity contribution in [2.45, 2.75) is 0 Å². The van der Waals surface area contributed by atoms with Gasteiger partial charge in [-0.25, -0.2) is 9.59 Å². The van der Waals surface area contributed by atoms with Crippen LogP contribution >= 0.6 is 34.8 Å². The molecule has 0 bridgehead atoms. The van der Waals surface area contributed by atoms with E-state index in [0.717, 1.165) is 40.1 Å². The van der Waals surface area contributed by atoms with Crippen molar-refractivity contribution in [3.05, 3.63) is 123 Å². The first kappa shape index (κ1) is 50.5. The molecule has 4 aromatic rings. The van der Waals surface area contributed by atoms with Gasteiger partial charge in [0.05, 0.1) is 46.2 Å². The quantitative estimate of drug-likeness (QED) is 0.0316. The van der Waals surface area contributed by atoms with Gasteiger partial charge in [0, 0.05) is 23.9 Å². The van der Waals surface area contributed by atoms with Crippen LogP contribution in [-0.2, 0) is 38.1 Å². The highest BCUT2D eigenvalue weighted by Gasteiger charge is 1.99. The van der Waals surface area contributed by atoms with Crippen LogP contribution in [0.25, 0.3) is 21.5 Å². The molecule has 300 valence electrons. The lowest BCUT2D eigenvalue weighted by Crippen LogP contribution is -2.12. The van der Waals surface area contributed by atoms with Crippen molar-refractivity contribution in [1.82, 2.24) is 0 Å². The molecule has 11 nitrogen and oxygen atoms in total. The minimum atomic E-state index is -0.509. The first-order valence-electron chi connectivity index (χ1n) is 16.8. The van der Waals surface area contributed by atoms with Crippen molar-refractivity contribution in [1.29, 1.82) is 0 Å². The normalized spacial score (nSPS) is 9.60. The first-order chi connectivity index (χ1) is 26.6. The molecule has 4 aromatic carbocycles. The third kappa shape index (κ3) is 28.6. The van der Waals surface area contributed by atoms with Crippen LogP contribution in [0.2, 0.25) is 0 Å². The molecule has 55 heavy (non-hydrogen) atoms. The molecule has 0 aliphatic heterocycles. The number of phenolic OH excluding ortho intramolecular Hbond substituents is 1. The maximum Gasteiger partial charge on any atom is 0.330 e. The number of halogens is 3. The van der Waals surface area contributed by atoms with Gasteiger partial charge in [-0.2, -0.15) is 0 Å². The van der Waals surface area contributed by atoms with E-state index < -0.39 is 17.2 Å². The predicted molar refractivity (Wildman–Crippen MR) is 219 cm³/mol. The van der Waals surface area contributed by atoms with Gasteiger partial charge in [0.15, 0.2) is 0 Å². The number of hydrogen-bond donors (Lipinski definition) is 2. The molecule has 0 amide bonds. The number of aliphatic hydroxyl groups is 1. The molecule has 0 radical (unpaired) electrons. The molecule has 0 saturated heterocycles. The Labute approximate surface area is 337 Å². The maximum absolute atomic E-state index is 10.8. The number of esters is 2. The van der Waals surface area contributed by atoms with Gasteiger partial charge in [-0.15, -0.1) is 23.2 Å². The van der Waals surface area contributed by atoms with Crippen molar-refractivity contribution in [2.24, 2.45) is 0 Å². The number of fused-ring (bicyclic) bond motifs is 2. The zero-order valence-corrected chi connectivity index (χ0v) is 32.9. The smallest absolute Gasteiger partial charge is 0.330 e. The highest BCUT2D eigenvalue weighted by Crippen LogP contribution is 2.20. The Morgan fingerprint density at radius 1 is 0.564 bits per heavy atom. The number of aliphatic hydroxyl groups excluding tert-OH is 1. The van der Waals surface area contributed by atoms with Crippen LogP contribution in [-0.4, -0.2) is 105 Å². The van der Waals surface area contributed by atoms with E-state index in [0.29, 0.717) is 63.8 Å². The Kier molecular flexibility index (Phi) is 32.4. The van der Waals surface area contributed by atoms with Crippen LogP contribution in [0.4, 0.5) is 0 Å². The summed E-state index contributed by atoms with van der Waals surface area (Å²) in [4.78, 5) is 30.7. The molecule has 2 N–H and O–H groups in total. The van der Waals surface area contributed by atoms with Crippen molar-refractivity contribution in [2.75, 3.05) is 77.8 Å². The molecule has 0 spiro atoms. The highest BCUT2D eigenvalue weighted by molar-refractivity contribution is 6.66. The van der Waals surface area contributed by atoms with Gasteiger partial charge in [0.1, 0.15) is 31.3 Å². The van der Waals surface area contributed by atoms with E-state index in [9.17, 15) is 14.4 Å². The number of carbonyl (C=O) groups excluding carboxylic acids is 3. The minimum Gasteiger partial charge on any atom is -0.508 e. The maximum atomic E-state index is 10.8. The summed E-state index contributed by atoms with van der Waals surface area (Å²) in [5.41, 5.74) is 0. The minimum absolute atomic E-state index is 0.0802. The van der Waals surface area contributed by atoms with Crippen LogP contribution in [0.5, 0.6) is 11.5 Å².